The van der Waals surface area contributed by atoms with Crippen LogP contribution in [0.2, 0.25) is 0 Å². The number of aromatic nitrogens is 3. The first kappa shape index (κ1) is 22.1. The molecular formula is C20H20N4O6PS+. The Kier molecular flexibility index (Phi) is 6.63. The number of nitrogen functional groups attached to an aromatic ring is 1. The van der Waals surface area contributed by atoms with E-state index in [9.17, 15) is 4.57 Å². The Morgan fingerprint density at radius 2 is 2.03 bits per heavy atom. The van der Waals surface area contributed by atoms with Crippen molar-refractivity contribution in [2.24, 2.45) is 0 Å². The standard InChI is InChI=1S/C20H19N4O6PS/c21-20-17(2-1-8-24(20)13-29-31(25,26)27)18-11-15(23-30-18)10-14-3-5-16(6-4-14)28-12-19-22-7-9-32-19/h1-9,11,21H,10,12-13H2,(H2,25,26,27)/p+1. The number of nitrogens with zero attached hydrogens (tertiary/aromatic N) is 3. The van der Waals surface area contributed by atoms with Gasteiger partial charge in [-0.15, -0.1) is 11.3 Å². The Balaban J connectivity index is 1.41. The van der Waals surface area contributed by atoms with E-state index in [0.29, 0.717) is 30.0 Å². The molecule has 0 aliphatic rings. The van der Waals surface area contributed by atoms with Gasteiger partial charge in [0.15, 0.2) is 5.76 Å². The molecule has 0 atom stereocenters. The van der Waals surface area contributed by atoms with Crippen molar-refractivity contribution < 1.29 is 32.7 Å². The van der Waals surface area contributed by atoms with E-state index in [4.69, 9.17) is 24.8 Å². The molecule has 0 aliphatic carbocycles. The number of phosphoric ester groups is 1. The summed E-state index contributed by atoms with van der Waals surface area (Å²) >= 11 is 1.55. The first-order chi connectivity index (χ1) is 15.4. The van der Waals surface area contributed by atoms with Gasteiger partial charge in [0.1, 0.15) is 22.9 Å². The van der Waals surface area contributed by atoms with Crippen molar-refractivity contribution in [3.8, 4) is 17.1 Å². The molecule has 3 heterocycles. The smallest absolute Gasteiger partial charge is 0.472 e. The number of thiazole rings is 1. The number of anilines is 1. The molecule has 32 heavy (non-hydrogen) atoms. The van der Waals surface area contributed by atoms with Crippen LogP contribution in [0.4, 0.5) is 5.82 Å². The second-order valence-corrected chi connectivity index (χ2v) is 8.96. The quantitative estimate of drug-likeness (QED) is 0.246. The molecule has 0 fully saturated rings. The van der Waals surface area contributed by atoms with E-state index in [1.165, 1.54) is 4.57 Å². The average molecular weight is 475 g/mol. The van der Waals surface area contributed by atoms with E-state index in [-0.39, 0.29) is 5.82 Å². The van der Waals surface area contributed by atoms with E-state index in [0.717, 1.165) is 16.3 Å². The van der Waals surface area contributed by atoms with Gasteiger partial charge in [-0.25, -0.2) is 18.6 Å². The molecule has 10 nitrogen and oxygen atoms in total. The van der Waals surface area contributed by atoms with Crippen LogP contribution in [0.5, 0.6) is 5.75 Å². The predicted molar refractivity (Wildman–Crippen MR) is 115 cm³/mol. The van der Waals surface area contributed by atoms with Gasteiger partial charge in [0, 0.05) is 24.1 Å². The fraction of sp³-hybridized carbons (Fsp3) is 0.150. The zero-order valence-corrected chi connectivity index (χ0v) is 18.4. The van der Waals surface area contributed by atoms with Crippen LogP contribution in [0.3, 0.4) is 0 Å². The SMILES string of the molecule is Nc1c(-c2cc(Cc3ccc(OCc4nccs4)cc3)no2)ccc[n+]1COP(=O)(O)O. The van der Waals surface area contributed by atoms with Gasteiger partial charge in [0.2, 0.25) is 6.73 Å². The third-order valence-electron chi connectivity index (χ3n) is 4.46. The molecule has 0 saturated heterocycles. The first-order valence-electron chi connectivity index (χ1n) is 9.41. The summed E-state index contributed by atoms with van der Waals surface area (Å²) in [6, 6.07) is 12.9. The maximum Gasteiger partial charge on any atom is 0.472 e. The number of phosphoric acid groups is 1. The minimum Gasteiger partial charge on any atom is -0.486 e. The average Bonchev–Trinajstić information content (AvgIpc) is 3.44. The lowest BCUT2D eigenvalue weighted by atomic mass is 10.1. The number of rotatable bonds is 9. The van der Waals surface area contributed by atoms with Gasteiger partial charge in [-0.3, -0.25) is 5.73 Å². The first-order valence-corrected chi connectivity index (χ1v) is 11.8. The predicted octanol–water partition coefficient (Wildman–Crippen LogP) is 2.90. The van der Waals surface area contributed by atoms with Crippen LogP contribution in [-0.2, 0) is 28.8 Å². The summed E-state index contributed by atoms with van der Waals surface area (Å²) < 4.78 is 28.0. The summed E-state index contributed by atoms with van der Waals surface area (Å²) in [4.78, 5) is 22.0. The Bertz CT molecular complexity index is 1220. The van der Waals surface area contributed by atoms with Gasteiger partial charge in [-0.1, -0.05) is 17.3 Å². The Hall–Kier alpha value is -3.08. The normalized spacial score (nSPS) is 11.6. The maximum atomic E-state index is 10.9. The van der Waals surface area contributed by atoms with Crippen LogP contribution in [0.25, 0.3) is 11.3 Å². The molecule has 3 aromatic heterocycles. The fourth-order valence-corrected chi connectivity index (χ4v) is 3.73. The third-order valence-corrected chi connectivity index (χ3v) is 5.66. The lowest BCUT2D eigenvalue weighted by molar-refractivity contribution is -0.711. The van der Waals surface area contributed by atoms with Crippen molar-refractivity contribution in [3.63, 3.8) is 0 Å². The molecule has 0 saturated carbocycles. The Morgan fingerprint density at radius 3 is 2.75 bits per heavy atom. The van der Waals surface area contributed by atoms with Crippen LogP contribution in [0.15, 0.2) is 64.8 Å². The fourth-order valence-electron chi connectivity index (χ4n) is 2.93. The number of pyridine rings is 1. The molecule has 0 radical (unpaired) electrons. The highest BCUT2D eigenvalue weighted by Crippen LogP contribution is 2.35. The van der Waals surface area contributed by atoms with Gasteiger partial charge < -0.3 is 19.0 Å². The second-order valence-electron chi connectivity index (χ2n) is 6.74. The Morgan fingerprint density at radius 1 is 1.22 bits per heavy atom. The van der Waals surface area contributed by atoms with Gasteiger partial charge in [-0.2, -0.15) is 0 Å². The lowest BCUT2D eigenvalue weighted by Gasteiger charge is -2.07. The third kappa shape index (κ3) is 5.78. The van der Waals surface area contributed by atoms with Crippen LogP contribution in [0.1, 0.15) is 16.3 Å². The molecule has 0 aliphatic heterocycles. The molecule has 12 heteroatoms. The zero-order valence-electron chi connectivity index (χ0n) is 16.7. The van der Waals surface area contributed by atoms with E-state index in [2.05, 4.69) is 14.7 Å². The number of hydrogen-bond acceptors (Lipinski definition) is 8. The molecule has 4 N–H and O–H groups in total. The summed E-state index contributed by atoms with van der Waals surface area (Å²) in [5, 5.41) is 6.93. The molecule has 0 spiro atoms. The van der Waals surface area contributed by atoms with Gasteiger partial charge >= 0.3 is 7.82 Å². The molecule has 0 unspecified atom stereocenters. The van der Waals surface area contributed by atoms with Gasteiger partial charge in [-0.05, 0) is 29.8 Å². The maximum absolute atomic E-state index is 10.9. The summed E-state index contributed by atoms with van der Waals surface area (Å²) in [6.07, 6.45) is 3.84. The van der Waals surface area contributed by atoms with Gasteiger partial charge in [0.25, 0.3) is 5.82 Å². The van der Waals surface area contributed by atoms with Crippen molar-refractivity contribution in [1.82, 2.24) is 10.1 Å². The molecule has 166 valence electrons. The highest BCUT2D eigenvalue weighted by Gasteiger charge is 2.20. The van der Waals surface area contributed by atoms with Crippen LogP contribution < -0.4 is 15.0 Å². The molecule has 1 aromatic carbocycles. The molecular weight excluding hydrogens is 455 g/mol. The van der Waals surface area contributed by atoms with Crippen molar-refractivity contribution in [2.45, 2.75) is 19.8 Å². The number of nitrogens with two attached hydrogens (primary N) is 1. The number of benzene rings is 1. The summed E-state index contributed by atoms with van der Waals surface area (Å²) in [7, 11) is -4.62. The summed E-state index contributed by atoms with van der Waals surface area (Å²) in [6.45, 7) is 0.0310. The largest absolute Gasteiger partial charge is 0.486 e. The van der Waals surface area contributed by atoms with Gasteiger partial charge in [0.05, 0.1) is 11.9 Å². The molecule has 4 aromatic rings. The molecule has 0 amide bonds. The minimum absolute atomic E-state index is 0.227. The number of ether oxygens (including phenoxy) is 1. The topological polar surface area (TPSA) is 145 Å². The zero-order chi connectivity index (χ0) is 22.6. The summed E-state index contributed by atoms with van der Waals surface area (Å²) in [5.74, 6) is 1.42. The molecule has 4 rings (SSSR count). The van der Waals surface area contributed by atoms with Crippen molar-refractivity contribution in [2.75, 3.05) is 5.73 Å². The lowest BCUT2D eigenvalue weighted by Crippen LogP contribution is -2.38. The monoisotopic (exact) mass is 475 g/mol. The van der Waals surface area contributed by atoms with Crippen molar-refractivity contribution in [3.05, 3.63) is 76.5 Å². The van der Waals surface area contributed by atoms with Crippen molar-refractivity contribution >= 4 is 25.0 Å². The molecule has 0 bridgehead atoms. The minimum atomic E-state index is -4.62. The van der Waals surface area contributed by atoms with Crippen molar-refractivity contribution in [1.29, 1.82) is 0 Å². The highest BCUT2D eigenvalue weighted by molar-refractivity contribution is 7.46. The van der Waals surface area contributed by atoms with E-state index in [1.807, 2.05) is 29.6 Å². The van der Waals surface area contributed by atoms with E-state index >= 15 is 0 Å². The van der Waals surface area contributed by atoms with E-state index < -0.39 is 14.6 Å². The number of hydrogen-bond donors (Lipinski definition) is 3. The van der Waals surface area contributed by atoms with E-state index in [1.54, 1.807) is 41.9 Å². The van der Waals surface area contributed by atoms with Crippen LogP contribution in [-0.4, -0.2) is 19.9 Å². The highest BCUT2D eigenvalue weighted by atomic mass is 32.1. The van der Waals surface area contributed by atoms with Crippen LogP contribution in [0, 0.1) is 0 Å². The summed E-state index contributed by atoms with van der Waals surface area (Å²) in [5.41, 5.74) is 8.38. The second kappa shape index (κ2) is 9.60. The Labute approximate surface area is 187 Å². The van der Waals surface area contributed by atoms with Crippen LogP contribution >= 0.6 is 19.2 Å².